The van der Waals surface area contributed by atoms with Crippen LogP contribution in [-0.4, -0.2) is 52.7 Å². The molecule has 1 aromatic heterocycles. The van der Waals surface area contributed by atoms with Crippen LogP contribution in [0.1, 0.15) is 33.6 Å². The molecule has 1 aromatic rings. The molecule has 0 atom stereocenters. The zero-order valence-electron chi connectivity index (χ0n) is 13.5. The van der Waals surface area contributed by atoms with Gasteiger partial charge in [-0.05, 0) is 33.6 Å². The Morgan fingerprint density at radius 3 is 2.55 bits per heavy atom. The number of rotatable bonds is 2. The predicted molar refractivity (Wildman–Crippen MR) is 86.3 cm³/mol. The normalized spacial score (nSPS) is 16.5. The molecule has 6 nitrogen and oxygen atoms in total. The molecular weight excluding hydrogens is 304 g/mol. The highest BCUT2D eigenvalue weighted by molar-refractivity contribution is 6.29. The molecule has 7 heteroatoms. The second-order valence-electron chi connectivity index (χ2n) is 6.51. The maximum absolute atomic E-state index is 12.1. The summed E-state index contributed by atoms with van der Waals surface area (Å²) in [4.78, 5) is 24.1. The molecule has 1 aliphatic heterocycles. The Morgan fingerprint density at radius 2 is 2.00 bits per heavy atom. The Labute approximate surface area is 136 Å². The van der Waals surface area contributed by atoms with E-state index in [1.807, 2.05) is 27.8 Å². The van der Waals surface area contributed by atoms with Crippen molar-refractivity contribution in [3.63, 3.8) is 0 Å². The van der Waals surface area contributed by atoms with E-state index >= 15 is 0 Å². The predicted octanol–water partition coefficient (Wildman–Crippen LogP) is 2.97. The maximum Gasteiger partial charge on any atom is 0.410 e. The van der Waals surface area contributed by atoms with Gasteiger partial charge in [-0.3, -0.25) is 0 Å². The summed E-state index contributed by atoms with van der Waals surface area (Å²) in [5.74, 6) is 0.802. The number of carbonyl (C=O) groups excluding carboxylic acids is 1. The Hall–Kier alpha value is -1.56. The van der Waals surface area contributed by atoms with Gasteiger partial charge in [0.15, 0.2) is 0 Å². The summed E-state index contributed by atoms with van der Waals surface area (Å²) in [5, 5.41) is 0.433. The molecule has 0 aliphatic carbocycles. The minimum Gasteiger partial charge on any atom is -0.444 e. The number of aromatic nitrogens is 2. The van der Waals surface area contributed by atoms with Crippen molar-refractivity contribution in [1.29, 1.82) is 0 Å². The molecule has 0 radical (unpaired) electrons. The topological polar surface area (TPSA) is 58.6 Å². The third-order valence-corrected chi connectivity index (χ3v) is 3.85. The average Bonchev–Trinajstić information content (AvgIpc) is 2.45. The average molecular weight is 327 g/mol. The van der Waals surface area contributed by atoms with Crippen LogP contribution in [-0.2, 0) is 4.74 Å². The molecule has 1 saturated heterocycles. The van der Waals surface area contributed by atoms with Crippen LogP contribution in [0.2, 0.25) is 5.15 Å². The van der Waals surface area contributed by atoms with Crippen molar-refractivity contribution in [2.45, 2.75) is 45.3 Å². The highest BCUT2D eigenvalue weighted by atomic mass is 35.5. The number of ether oxygens (including phenoxy) is 1. The van der Waals surface area contributed by atoms with Gasteiger partial charge >= 0.3 is 6.09 Å². The van der Waals surface area contributed by atoms with Crippen LogP contribution in [0.3, 0.4) is 0 Å². The maximum atomic E-state index is 12.1. The van der Waals surface area contributed by atoms with E-state index in [-0.39, 0.29) is 6.09 Å². The number of likely N-dealkylation sites (tertiary alicyclic amines) is 1. The molecule has 1 fully saturated rings. The lowest BCUT2D eigenvalue weighted by Gasteiger charge is -2.37. The summed E-state index contributed by atoms with van der Waals surface area (Å²) in [6.45, 7) is 7.00. The van der Waals surface area contributed by atoms with Crippen molar-refractivity contribution in [2.24, 2.45) is 0 Å². The van der Waals surface area contributed by atoms with E-state index in [9.17, 15) is 4.79 Å². The molecule has 1 aliphatic rings. The molecule has 0 saturated carbocycles. The van der Waals surface area contributed by atoms with Gasteiger partial charge in [0.25, 0.3) is 0 Å². The number of halogens is 1. The minimum atomic E-state index is -0.456. The summed E-state index contributed by atoms with van der Waals surface area (Å²) >= 11 is 5.91. The summed E-state index contributed by atoms with van der Waals surface area (Å²) in [6.07, 6.45) is 2.97. The van der Waals surface area contributed by atoms with Crippen molar-refractivity contribution in [3.8, 4) is 0 Å². The first-order chi connectivity index (χ1) is 10.3. The molecule has 0 aromatic carbocycles. The van der Waals surface area contributed by atoms with Gasteiger partial charge in [-0.1, -0.05) is 11.6 Å². The van der Waals surface area contributed by atoms with E-state index in [4.69, 9.17) is 16.3 Å². The van der Waals surface area contributed by atoms with Gasteiger partial charge in [0.05, 0.1) is 0 Å². The number of nitrogens with zero attached hydrogens (tertiary/aromatic N) is 4. The minimum absolute atomic E-state index is 0.237. The second kappa shape index (κ2) is 6.69. The summed E-state index contributed by atoms with van der Waals surface area (Å²) in [7, 11) is 1.99. The number of amides is 1. The molecule has 0 N–H and O–H groups in total. The molecule has 122 valence electrons. The molecule has 2 heterocycles. The highest BCUT2D eigenvalue weighted by Gasteiger charge is 2.28. The quantitative estimate of drug-likeness (QED) is 0.782. The van der Waals surface area contributed by atoms with E-state index in [1.54, 1.807) is 11.0 Å². The number of piperidine rings is 1. The van der Waals surface area contributed by atoms with Crippen LogP contribution >= 0.6 is 11.6 Å². The Kier molecular flexibility index (Phi) is 5.11. The van der Waals surface area contributed by atoms with E-state index in [2.05, 4.69) is 14.9 Å². The van der Waals surface area contributed by atoms with Gasteiger partial charge < -0.3 is 14.5 Å². The van der Waals surface area contributed by atoms with Crippen LogP contribution in [0.15, 0.2) is 12.4 Å². The first-order valence-corrected chi connectivity index (χ1v) is 7.82. The SMILES string of the molecule is CN(c1cc(Cl)ncn1)C1CCN(C(=O)OC(C)(C)C)CC1. The standard InChI is InChI=1S/C15H23ClN4O2/c1-15(2,3)22-14(21)20-7-5-11(6-8-20)19(4)13-9-12(16)17-10-18-13/h9-11H,5-8H2,1-4H3. The van der Waals surface area contributed by atoms with Gasteiger partial charge in [0.2, 0.25) is 0 Å². The Bertz CT molecular complexity index is 525. The van der Waals surface area contributed by atoms with Crippen LogP contribution in [0, 0.1) is 0 Å². The van der Waals surface area contributed by atoms with Crippen LogP contribution < -0.4 is 4.90 Å². The smallest absolute Gasteiger partial charge is 0.410 e. The zero-order chi connectivity index (χ0) is 16.3. The molecule has 1 amide bonds. The number of carbonyl (C=O) groups is 1. The van der Waals surface area contributed by atoms with E-state index in [1.165, 1.54) is 6.33 Å². The lowest BCUT2D eigenvalue weighted by Crippen LogP contribution is -2.47. The lowest BCUT2D eigenvalue weighted by atomic mass is 10.0. The van der Waals surface area contributed by atoms with Crippen molar-refractivity contribution in [1.82, 2.24) is 14.9 Å². The van der Waals surface area contributed by atoms with Crippen LogP contribution in [0.4, 0.5) is 10.6 Å². The van der Waals surface area contributed by atoms with Gasteiger partial charge in [-0.25, -0.2) is 14.8 Å². The molecule has 0 bridgehead atoms. The Morgan fingerprint density at radius 1 is 1.36 bits per heavy atom. The first-order valence-electron chi connectivity index (χ1n) is 7.44. The fourth-order valence-electron chi connectivity index (χ4n) is 2.47. The van der Waals surface area contributed by atoms with Crippen LogP contribution in [0.5, 0.6) is 0 Å². The fraction of sp³-hybridized carbons (Fsp3) is 0.667. The summed E-state index contributed by atoms with van der Waals surface area (Å²) < 4.78 is 5.41. The van der Waals surface area contributed by atoms with Crippen LogP contribution in [0.25, 0.3) is 0 Å². The number of anilines is 1. The molecule has 0 unspecified atom stereocenters. The third-order valence-electron chi connectivity index (χ3n) is 3.64. The molecular formula is C15H23ClN4O2. The zero-order valence-corrected chi connectivity index (χ0v) is 14.3. The molecule has 22 heavy (non-hydrogen) atoms. The summed E-state index contributed by atoms with van der Waals surface area (Å²) in [5.41, 5.74) is -0.456. The van der Waals surface area contributed by atoms with Crippen molar-refractivity contribution in [2.75, 3.05) is 25.0 Å². The first kappa shape index (κ1) is 16.8. The van der Waals surface area contributed by atoms with Crippen molar-refractivity contribution in [3.05, 3.63) is 17.5 Å². The van der Waals surface area contributed by atoms with Gasteiger partial charge in [0.1, 0.15) is 22.9 Å². The Balaban J connectivity index is 1.90. The van der Waals surface area contributed by atoms with Gasteiger partial charge in [-0.2, -0.15) is 0 Å². The third kappa shape index (κ3) is 4.47. The van der Waals surface area contributed by atoms with Gasteiger partial charge in [0, 0.05) is 32.2 Å². The highest BCUT2D eigenvalue weighted by Crippen LogP contribution is 2.22. The van der Waals surface area contributed by atoms with Crippen molar-refractivity contribution >= 4 is 23.5 Å². The van der Waals surface area contributed by atoms with E-state index < -0.39 is 5.60 Å². The monoisotopic (exact) mass is 326 g/mol. The second-order valence-corrected chi connectivity index (χ2v) is 6.90. The van der Waals surface area contributed by atoms with Gasteiger partial charge in [-0.15, -0.1) is 0 Å². The van der Waals surface area contributed by atoms with E-state index in [0.717, 1.165) is 18.7 Å². The lowest BCUT2D eigenvalue weighted by molar-refractivity contribution is 0.0205. The molecule has 2 rings (SSSR count). The summed E-state index contributed by atoms with van der Waals surface area (Å²) in [6, 6.07) is 2.08. The number of hydrogen-bond donors (Lipinski definition) is 0. The van der Waals surface area contributed by atoms with E-state index in [0.29, 0.717) is 24.3 Å². The number of hydrogen-bond acceptors (Lipinski definition) is 5. The van der Waals surface area contributed by atoms with Crippen molar-refractivity contribution < 1.29 is 9.53 Å². The fourth-order valence-corrected chi connectivity index (χ4v) is 2.61. The molecule has 0 spiro atoms. The largest absolute Gasteiger partial charge is 0.444 e.